The Morgan fingerprint density at radius 2 is 1.68 bits per heavy atom. The fourth-order valence-electron chi connectivity index (χ4n) is 7.93. The number of fused-ring (bicyclic) bond motifs is 5. The van der Waals surface area contributed by atoms with Gasteiger partial charge in [-0.05, 0) is 80.6 Å². The summed E-state index contributed by atoms with van der Waals surface area (Å²) < 4.78 is 6.58. The van der Waals surface area contributed by atoms with Gasteiger partial charge in [0.1, 0.15) is 6.61 Å². The van der Waals surface area contributed by atoms with Crippen molar-refractivity contribution >= 4 is 27.5 Å². The summed E-state index contributed by atoms with van der Waals surface area (Å²) in [5.41, 5.74) is 3.17. The van der Waals surface area contributed by atoms with E-state index >= 15 is 0 Å². The molecule has 4 fully saturated rings. The third-order valence-corrected chi connectivity index (χ3v) is 9.80. The molecule has 2 aromatic heterocycles. The van der Waals surface area contributed by atoms with Crippen molar-refractivity contribution in [3.05, 3.63) is 54.7 Å². The van der Waals surface area contributed by atoms with Gasteiger partial charge in [0.2, 0.25) is 5.88 Å². The van der Waals surface area contributed by atoms with Crippen LogP contribution < -0.4 is 9.64 Å². The van der Waals surface area contributed by atoms with Crippen molar-refractivity contribution in [2.45, 2.75) is 50.5 Å². The van der Waals surface area contributed by atoms with Gasteiger partial charge in [-0.25, -0.2) is 9.97 Å². The van der Waals surface area contributed by atoms with Crippen LogP contribution in [0.5, 0.6) is 5.88 Å². The molecule has 2 atom stereocenters. The molecule has 3 saturated heterocycles. The second kappa shape index (κ2) is 8.91. The van der Waals surface area contributed by atoms with Gasteiger partial charge < -0.3 is 9.64 Å². The van der Waals surface area contributed by atoms with Gasteiger partial charge in [-0.1, -0.05) is 42.5 Å². The maximum absolute atomic E-state index is 6.58. The Morgan fingerprint density at radius 1 is 0.895 bits per heavy atom. The number of ether oxygens (including phenoxy) is 1. The van der Waals surface area contributed by atoms with Gasteiger partial charge in [-0.15, -0.1) is 0 Å². The Bertz CT molecular complexity index is 1490. The van der Waals surface area contributed by atoms with Crippen LogP contribution in [-0.4, -0.2) is 58.2 Å². The fraction of sp³-hybridized carbons (Fsp3) is 0.469. The SMILES string of the molecule is c1ccc2c(-c3ncc4c(N5CC6CCC(C6)C5)cc(OCC56CCCN5CCC6)nc4n3)cccc2c1. The van der Waals surface area contributed by atoms with Crippen molar-refractivity contribution in [3.63, 3.8) is 0 Å². The Hall–Kier alpha value is -3.25. The molecule has 0 N–H and O–H groups in total. The highest BCUT2D eigenvalue weighted by Gasteiger charge is 2.45. The van der Waals surface area contributed by atoms with E-state index in [9.17, 15) is 0 Å². The van der Waals surface area contributed by atoms with Gasteiger partial charge in [0.15, 0.2) is 11.5 Å². The monoisotopic (exact) mass is 505 g/mol. The molecule has 1 saturated carbocycles. The first-order chi connectivity index (χ1) is 18.7. The number of anilines is 1. The van der Waals surface area contributed by atoms with Gasteiger partial charge in [0, 0.05) is 30.9 Å². The number of piperidine rings is 1. The molecule has 0 amide bonds. The molecule has 8 rings (SSSR count). The zero-order valence-corrected chi connectivity index (χ0v) is 22.0. The van der Waals surface area contributed by atoms with E-state index in [2.05, 4.69) is 58.3 Å². The lowest BCUT2D eigenvalue weighted by atomic mass is 9.95. The highest BCUT2D eigenvalue weighted by Crippen LogP contribution is 2.42. The normalized spacial score (nSPS) is 24.4. The van der Waals surface area contributed by atoms with Crippen molar-refractivity contribution < 1.29 is 4.74 Å². The highest BCUT2D eigenvalue weighted by atomic mass is 16.5. The second-order valence-electron chi connectivity index (χ2n) is 12.1. The lowest BCUT2D eigenvalue weighted by molar-refractivity contribution is 0.111. The fourth-order valence-corrected chi connectivity index (χ4v) is 7.93. The van der Waals surface area contributed by atoms with Crippen molar-refractivity contribution in [2.24, 2.45) is 11.8 Å². The van der Waals surface area contributed by atoms with E-state index in [-0.39, 0.29) is 5.54 Å². The summed E-state index contributed by atoms with van der Waals surface area (Å²) >= 11 is 0. The average Bonchev–Trinajstić information content (AvgIpc) is 3.64. The molecule has 5 heterocycles. The Morgan fingerprint density at radius 3 is 2.53 bits per heavy atom. The van der Waals surface area contributed by atoms with Crippen LogP contribution in [0.1, 0.15) is 44.9 Å². The molecule has 2 bridgehead atoms. The number of hydrogen-bond acceptors (Lipinski definition) is 6. The lowest BCUT2D eigenvalue weighted by Gasteiger charge is -2.34. The number of benzene rings is 2. The van der Waals surface area contributed by atoms with Crippen LogP contribution in [0.3, 0.4) is 0 Å². The second-order valence-corrected chi connectivity index (χ2v) is 12.1. The molecule has 0 radical (unpaired) electrons. The third kappa shape index (κ3) is 3.76. The van der Waals surface area contributed by atoms with Gasteiger partial charge in [-0.2, -0.15) is 4.98 Å². The number of pyridine rings is 1. The predicted molar refractivity (Wildman–Crippen MR) is 152 cm³/mol. The van der Waals surface area contributed by atoms with Gasteiger partial charge in [0.25, 0.3) is 0 Å². The standard InChI is InChI=1S/C32H35N5O/c1-2-8-25-24(6-1)7-3-9-26(25)30-33-18-27-28(36-19-22-10-11-23(16-22)20-36)17-29(34-31(27)35-30)38-21-32-12-4-14-37(32)15-5-13-32/h1-3,6-9,17-18,22-23H,4-5,10-16,19-21H2. The molecule has 4 aromatic rings. The van der Waals surface area contributed by atoms with Crippen molar-refractivity contribution in [3.8, 4) is 17.3 Å². The summed E-state index contributed by atoms with van der Waals surface area (Å²) in [4.78, 5) is 20.2. The molecule has 4 aliphatic rings. The number of rotatable bonds is 5. The highest BCUT2D eigenvalue weighted by molar-refractivity contribution is 5.96. The molecular weight excluding hydrogens is 470 g/mol. The summed E-state index contributed by atoms with van der Waals surface area (Å²) in [7, 11) is 0. The van der Waals surface area contributed by atoms with Crippen LogP contribution >= 0.6 is 0 Å². The third-order valence-electron chi connectivity index (χ3n) is 9.80. The van der Waals surface area contributed by atoms with Gasteiger partial charge in [-0.3, -0.25) is 4.90 Å². The first-order valence-electron chi connectivity index (χ1n) is 14.5. The summed E-state index contributed by atoms with van der Waals surface area (Å²) in [6.07, 6.45) is 11.1. The minimum Gasteiger partial charge on any atom is -0.476 e. The minimum atomic E-state index is 0.195. The first kappa shape index (κ1) is 22.7. The van der Waals surface area contributed by atoms with Crippen LogP contribution in [-0.2, 0) is 0 Å². The van der Waals surface area contributed by atoms with Crippen LogP contribution in [0.4, 0.5) is 5.69 Å². The molecule has 2 unspecified atom stereocenters. The van der Waals surface area contributed by atoms with Crippen LogP contribution in [0.25, 0.3) is 33.2 Å². The average molecular weight is 506 g/mol. The Balaban J connectivity index is 1.21. The molecule has 6 nitrogen and oxygen atoms in total. The Kier molecular flexibility index (Phi) is 5.32. The molecule has 1 aliphatic carbocycles. The first-order valence-corrected chi connectivity index (χ1v) is 14.5. The van der Waals surface area contributed by atoms with E-state index < -0.39 is 0 Å². The molecule has 2 aromatic carbocycles. The van der Waals surface area contributed by atoms with E-state index in [1.165, 1.54) is 69.1 Å². The van der Waals surface area contributed by atoms with Crippen LogP contribution in [0.2, 0.25) is 0 Å². The van der Waals surface area contributed by atoms with Crippen LogP contribution in [0, 0.1) is 11.8 Å². The molecular formula is C32H35N5O. The van der Waals surface area contributed by atoms with Crippen molar-refractivity contribution in [2.75, 3.05) is 37.7 Å². The van der Waals surface area contributed by atoms with Crippen LogP contribution in [0.15, 0.2) is 54.7 Å². The summed E-state index contributed by atoms with van der Waals surface area (Å²) in [6, 6.07) is 17.0. The Labute approximate surface area is 224 Å². The zero-order chi connectivity index (χ0) is 25.1. The molecule has 0 spiro atoms. The largest absolute Gasteiger partial charge is 0.476 e. The summed E-state index contributed by atoms with van der Waals surface area (Å²) in [5, 5.41) is 3.39. The predicted octanol–water partition coefficient (Wildman–Crippen LogP) is 6.09. The van der Waals surface area contributed by atoms with E-state index in [0.717, 1.165) is 59.3 Å². The maximum atomic E-state index is 6.58. The maximum Gasteiger partial charge on any atom is 0.217 e. The van der Waals surface area contributed by atoms with E-state index in [1.54, 1.807) is 0 Å². The summed E-state index contributed by atoms with van der Waals surface area (Å²) in [5.74, 6) is 3.02. The number of aromatic nitrogens is 3. The zero-order valence-electron chi connectivity index (χ0n) is 22.0. The minimum absolute atomic E-state index is 0.195. The van der Waals surface area contributed by atoms with E-state index in [4.69, 9.17) is 19.7 Å². The molecule has 6 heteroatoms. The molecule has 38 heavy (non-hydrogen) atoms. The topological polar surface area (TPSA) is 54.4 Å². The lowest BCUT2D eigenvalue weighted by Crippen LogP contribution is -2.43. The smallest absolute Gasteiger partial charge is 0.217 e. The summed E-state index contributed by atoms with van der Waals surface area (Å²) in [6.45, 7) is 5.35. The van der Waals surface area contributed by atoms with E-state index in [1.807, 2.05) is 6.20 Å². The van der Waals surface area contributed by atoms with Crippen molar-refractivity contribution in [1.82, 2.24) is 19.9 Å². The molecule has 3 aliphatic heterocycles. The van der Waals surface area contributed by atoms with Crippen molar-refractivity contribution in [1.29, 1.82) is 0 Å². The van der Waals surface area contributed by atoms with Gasteiger partial charge >= 0.3 is 0 Å². The van der Waals surface area contributed by atoms with E-state index in [0.29, 0.717) is 5.88 Å². The number of nitrogens with zero attached hydrogens (tertiary/aromatic N) is 5. The quantitative estimate of drug-likeness (QED) is 0.327. The number of hydrogen-bond donors (Lipinski definition) is 0. The van der Waals surface area contributed by atoms with Gasteiger partial charge in [0.05, 0.1) is 16.6 Å². The molecule has 194 valence electrons.